The maximum absolute atomic E-state index is 11.0. The fourth-order valence-corrected chi connectivity index (χ4v) is 2.80. The van der Waals surface area contributed by atoms with Crippen molar-refractivity contribution in [3.05, 3.63) is 35.9 Å². The Morgan fingerprint density at radius 1 is 0.622 bits per heavy atom. The molecule has 15 nitrogen and oxygen atoms in total. The Kier molecular flexibility index (Phi) is 24.8. The number of carbonyl (C=O) groups excluding carboxylic acids is 3. The zero-order valence-corrected chi connectivity index (χ0v) is 27.2. The first-order chi connectivity index (χ1) is 20.8. The van der Waals surface area contributed by atoms with Gasteiger partial charge in [0.25, 0.3) is 0 Å². The van der Waals surface area contributed by atoms with Crippen molar-refractivity contribution >= 4 is 41.8 Å². The summed E-state index contributed by atoms with van der Waals surface area (Å²) in [5.74, 6) is -7.41. The average Bonchev–Trinajstić information content (AvgIpc) is 2.98. The van der Waals surface area contributed by atoms with Gasteiger partial charge in [-0.25, -0.2) is 0 Å². The second-order valence-electron chi connectivity index (χ2n) is 10.0. The summed E-state index contributed by atoms with van der Waals surface area (Å²) >= 11 is 0. The number of rotatable bonds is 13. The van der Waals surface area contributed by atoms with Gasteiger partial charge in [0.1, 0.15) is 6.04 Å². The van der Waals surface area contributed by atoms with Crippen molar-refractivity contribution in [3.8, 4) is 0 Å². The van der Waals surface area contributed by atoms with Gasteiger partial charge in [-0.05, 0) is 32.5 Å². The largest absolute Gasteiger partial charge is 0.481 e. The van der Waals surface area contributed by atoms with Crippen molar-refractivity contribution in [1.29, 1.82) is 0 Å². The van der Waals surface area contributed by atoms with E-state index in [0.29, 0.717) is 5.56 Å². The van der Waals surface area contributed by atoms with Gasteiger partial charge in [0.15, 0.2) is 0 Å². The van der Waals surface area contributed by atoms with Crippen LogP contribution in [0.4, 0.5) is 0 Å². The quantitative estimate of drug-likeness (QED) is 0.178. The Balaban J connectivity index is -0.000000537. The smallest absolute Gasteiger partial charge is 0.320 e. The van der Waals surface area contributed by atoms with Crippen LogP contribution in [0.2, 0.25) is 0 Å². The SMILES string of the molecule is COC(=O)C[C@@H](C(=O)O)C(C)C.COC(=O)C[C@H](C(=O)O)c1ccccc1.COC(=O)C[C@H](C)C(=O)O.C[C@H](C(=O)O)N(C)C. The van der Waals surface area contributed by atoms with Crippen molar-refractivity contribution in [2.45, 2.75) is 58.9 Å². The molecular weight excluding hydrogens is 598 g/mol. The summed E-state index contributed by atoms with van der Waals surface area (Å²) in [7, 11) is 7.20. The van der Waals surface area contributed by atoms with Gasteiger partial charge in [0.05, 0.1) is 58.3 Å². The van der Waals surface area contributed by atoms with Crippen LogP contribution in [0.1, 0.15) is 58.4 Å². The number of carboxylic acids is 4. The molecule has 0 unspecified atom stereocenters. The first-order valence-corrected chi connectivity index (χ1v) is 13.6. The van der Waals surface area contributed by atoms with Gasteiger partial charge in [0, 0.05) is 0 Å². The molecule has 256 valence electrons. The van der Waals surface area contributed by atoms with Gasteiger partial charge < -0.3 is 34.6 Å². The minimum absolute atomic E-state index is 0.0521. The summed E-state index contributed by atoms with van der Waals surface area (Å²) in [6.07, 6.45) is -0.259. The van der Waals surface area contributed by atoms with Gasteiger partial charge in [0.2, 0.25) is 0 Å². The molecule has 4 atom stereocenters. The molecule has 0 fully saturated rings. The Hall–Kier alpha value is -4.53. The molecule has 0 aliphatic rings. The predicted molar refractivity (Wildman–Crippen MR) is 160 cm³/mol. The van der Waals surface area contributed by atoms with E-state index >= 15 is 0 Å². The van der Waals surface area contributed by atoms with E-state index in [9.17, 15) is 33.6 Å². The average molecular weight is 646 g/mol. The van der Waals surface area contributed by atoms with Crippen LogP contribution < -0.4 is 0 Å². The lowest BCUT2D eigenvalue weighted by atomic mass is 9.93. The zero-order chi connectivity index (χ0) is 35.9. The van der Waals surface area contributed by atoms with Crippen LogP contribution in [0.5, 0.6) is 0 Å². The molecule has 0 saturated heterocycles. The van der Waals surface area contributed by atoms with E-state index in [1.165, 1.54) is 28.3 Å². The third-order valence-electron chi connectivity index (χ3n) is 6.09. The molecular formula is C30H47NO14. The van der Waals surface area contributed by atoms with Gasteiger partial charge in [-0.2, -0.15) is 0 Å². The van der Waals surface area contributed by atoms with Crippen LogP contribution in [0.3, 0.4) is 0 Å². The van der Waals surface area contributed by atoms with Gasteiger partial charge in [-0.15, -0.1) is 0 Å². The van der Waals surface area contributed by atoms with Crippen LogP contribution in [-0.2, 0) is 47.8 Å². The maximum Gasteiger partial charge on any atom is 0.320 e. The minimum Gasteiger partial charge on any atom is -0.481 e. The molecule has 0 aliphatic carbocycles. The number of carboxylic acid groups (broad SMARTS) is 4. The van der Waals surface area contributed by atoms with E-state index in [0.717, 1.165) is 0 Å². The molecule has 0 heterocycles. The Morgan fingerprint density at radius 3 is 1.33 bits per heavy atom. The highest BCUT2D eigenvalue weighted by atomic mass is 16.5. The number of hydrogen-bond acceptors (Lipinski definition) is 11. The summed E-state index contributed by atoms with van der Waals surface area (Å²) in [4.78, 5) is 75.6. The lowest BCUT2D eigenvalue weighted by molar-refractivity contribution is -0.151. The van der Waals surface area contributed by atoms with Crippen LogP contribution in [0.15, 0.2) is 30.3 Å². The first-order valence-electron chi connectivity index (χ1n) is 13.6. The highest BCUT2D eigenvalue weighted by Crippen LogP contribution is 2.20. The van der Waals surface area contributed by atoms with Gasteiger partial charge in [-0.3, -0.25) is 38.5 Å². The Morgan fingerprint density at radius 2 is 1.04 bits per heavy atom. The number of ether oxygens (including phenoxy) is 3. The predicted octanol–water partition coefficient (Wildman–Crippen LogP) is 2.62. The third-order valence-corrected chi connectivity index (χ3v) is 6.09. The second kappa shape index (κ2) is 24.9. The second-order valence-corrected chi connectivity index (χ2v) is 10.0. The van der Waals surface area contributed by atoms with Crippen LogP contribution >= 0.6 is 0 Å². The Bertz CT molecular complexity index is 1070. The standard InChI is InChI=1S/C11H12O4.C8H14O4.C6H10O4.C5H11NO2/c1-15-10(12)7-9(11(13)14)8-5-3-2-4-6-8;1-5(2)6(8(10)11)4-7(9)12-3;1-4(6(8)9)3-5(7)10-2;1-4(5(7)8)6(2)3/h2-6,9H,7H2,1H3,(H,13,14);5-6H,4H2,1-3H3,(H,10,11);4H,3H2,1-2H3,(H,8,9);4H,1-3H3,(H,7,8)/t9-;6-;2*4-/m0101/s1. The molecule has 45 heavy (non-hydrogen) atoms. The summed E-state index contributed by atoms with van der Waals surface area (Å²) in [6, 6.07) is 8.25. The molecule has 0 spiro atoms. The van der Waals surface area contributed by atoms with E-state index in [1.54, 1.807) is 70.1 Å². The van der Waals surface area contributed by atoms with Crippen LogP contribution in [-0.4, -0.2) is 109 Å². The molecule has 0 amide bonds. The summed E-state index contributed by atoms with van der Waals surface area (Å²) in [5.41, 5.74) is 0.607. The van der Waals surface area contributed by atoms with E-state index in [1.807, 2.05) is 0 Å². The van der Waals surface area contributed by atoms with Crippen molar-refractivity contribution < 1.29 is 68.2 Å². The maximum atomic E-state index is 11.0. The van der Waals surface area contributed by atoms with Crippen molar-refractivity contribution in [3.63, 3.8) is 0 Å². The van der Waals surface area contributed by atoms with E-state index in [-0.39, 0.29) is 31.2 Å². The van der Waals surface area contributed by atoms with Crippen molar-refractivity contribution in [1.82, 2.24) is 4.90 Å². The van der Waals surface area contributed by atoms with E-state index < -0.39 is 59.5 Å². The molecule has 0 saturated carbocycles. The molecule has 1 aromatic carbocycles. The first kappa shape index (κ1) is 44.9. The molecule has 0 aromatic heterocycles. The van der Waals surface area contributed by atoms with E-state index in [4.69, 9.17) is 20.4 Å². The lowest BCUT2D eigenvalue weighted by Crippen LogP contribution is -2.32. The fraction of sp³-hybridized carbons (Fsp3) is 0.567. The summed E-state index contributed by atoms with van der Waals surface area (Å²) < 4.78 is 13.1. The number of nitrogens with zero attached hydrogens (tertiary/aromatic N) is 1. The normalized spacial score (nSPS) is 12.5. The topological polar surface area (TPSA) is 231 Å². The van der Waals surface area contributed by atoms with Gasteiger partial charge in [-0.1, -0.05) is 51.1 Å². The highest BCUT2D eigenvalue weighted by molar-refractivity contribution is 5.83. The molecule has 15 heteroatoms. The number of likely N-dealkylation sites (N-methyl/N-ethyl adjacent to an activating group) is 1. The van der Waals surface area contributed by atoms with E-state index in [2.05, 4.69) is 14.2 Å². The molecule has 0 bridgehead atoms. The van der Waals surface area contributed by atoms with Gasteiger partial charge >= 0.3 is 41.8 Å². The van der Waals surface area contributed by atoms with Crippen LogP contribution in [0, 0.1) is 17.8 Å². The molecule has 0 radical (unpaired) electrons. The number of aliphatic carboxylic acids is 4. The molecule has 1 aromatic rings. The number of carbonyl (C=O) groups is 7. The molecule has 0 aliphatic heterocycles. The summed E-state index contributed by atoms with van der Waals surface area (Å²) in [5, 5.41) is 34.3. The third kappa shape index (κ3) is 22.6. The highest BCUT2D eigenvalue weighted by Gasteiger charge is 2.25. The zero-order valence-electron chi connectivity index (χ0n) is 27.2. The number of esters is 3. The van der Waals surface area contributed by atoms with Crippen molar-refractivity contribution in [2.75, 3.05) is 35.4 Å². The van der Waals surface area contributed by atoms with Crippen LogP contribution in [0.25, 0.3) is 0 Å². The minimum atomic E-state index is -1.02. The number of benzene rings is 1. The number of hydrogen-bond donors (Lipinski definition) is 4. The fourth-order valence-electron chi connectivity index (χ4n) is 2.80. The number of methoxy groups -OCH3 is 3. The Labute approximate surface area is 263 Å². The molecule has 4 N–H and O–H groups in total. The lowest BCUT2D eigenvalue weighted by Gasteiger charge is -2.13. The summed E-state index contributed by atoms with van der Waals surface area (Å²) in [6.45, 7) is 6.63. The van der Waals surface area contributed by atoms with Crippen molar-refractivity contribution in [2.24, 2.45) is 17.8 Å². The molecule has 1 rings (SSSR count). The monoisotopic (exact) mass is 645 g/mol.